The molecule has 0 aliphatic carbocycles. The number of ether oxygens (including phenoxy) is 1. The van der Waals surface area contributed by atoms with Crippen LogP contribution in [0.15, 0.2) is 0 Å². The van der Waals surface area contributed by atoms with Gasteiger partial charge in [0.05, 0.1) is 27.2 Å². The SMILES string of the molecule is CCCCCCCCCCCOC[N+](C)(C)CCCCCCCC.[Cl-]. The Morgan fingerprint density at radius 1 is 0.560 bits per heavy atom. The summed E-state index contributed by atoms with van der Waals surface area (Å²) in [4.78, 5) is 0. The summed E-state index contributed by atoms with van der Waals surface area (Å²) in [6, 6.07) is 0. The number of hydrogen-bond donors (Lipinski definition) is 0. The van der Waals surface area contributed by atoms with E-state index >= 15 is 0 Å². The second kappa shape index (κ2) is 20.5. The monoisotopic (exact) mass is 377 g/mol. The fourth-order valence-electron chi connectivity index (χ4n) is 3.21. The van der Waals surface area contributed by atoms with Crippen molar-refractivity contribution in [1.82, 2.24) is 0 Å². The smallest absolute Gasteiger partial charge is 0.182 e. The van der Waals surface area contributed by atoms with Gasteiger partial charge in [0.25, 0.3) is 0 Å². The Bertz CT molecular complexity index is 246. The first-order chi connectivity index (χ1) is 11.6. The van der Waals surface area contributed by atoms with E-state index in [0.29, 0.717) is 0 Å². The van der Waals surface area contributed by atoms with Crippen molar-refractivity contribution in [2.75, 3.05) is 34.0 Å². The molecular weight excluding hydrogens is 330 g/mol. The lowest BCUT2D eigenvalue weighted by molar-refractivity contribution is -0.909. The molecule has 2 nitrogen and oxygen atoms in total. The van der Waals surface area contributed by atoms with Crippen molar-refractivity contribution in [2.45, 2.75) is 110 Å². The molecule has 0 rings (SSSR count). The zero-order chi connectivity index (χ0) is 17.9. The molecule has 0 N–H and O–H groups in total. The van der Waals surface area contributed by atoms with Gasteiger partial charge in [0, 0.05) is 0 Å². The molecule has 0 aromatic heterocycles. The van der Waals surface area contributed by atoms with E-state index in [2.05, 4.69) is 27.9 Å². The number of halogens is 1. The fourth-order valence-corrected chi connectivity index (χ4v) is 3.21. The Labute approximate surface area is 166 Å². The van der Waals surface area contributed by atoms with E-state index in [1.165, 1.54) is 103 Å². The Kier molecular flexibility index (Phi) is 22.5. The molecule has 0 aromatic carbocycles. The van der Waals surface area contributed by atoms with Crippen LogP contribution in [0.1, 0.15) is 110 Å². The van der Waals surface area contributed by atoms with Gasteiger partial charge >= 0.3 is 0 Å². The molecule has 154 valence electrons. The van der Waals surface area contributed by atoms with Gasteiger partial charge in [0.15, 0.2) is 6.73 Å². The van der Waals surface area contributed by atoms with Crippen LogP contribution in [0.25, 0.3) is 0 Å². The van der Waals surface area contributed by atoms with E-state index in [4.69, 9.17) is 4.74 Å². The van der Waals surface area contributed by atoms with E-state index in [1.807, 2.05) is 0 Å². The summed E-state index contributed by atoms with van der Waals surface area (Å²) in [5.41, 5.74) is 0. The highest BCUT2D eigenvalue weighted by Crippen LogP contribution is 2.11. The molecule has 0 unspecified atom stereocenters. The molecule has 25 heavy (non-hydrogen) atoms. The van der Waals surface area contributed by atoms with Crippen molar-refractivity contribution in [3.8, 4) is 0 Å². The molecule has 0 aliphatic rings. The zero-order valence-corrected chi connectivity index (χ0v) is 18.7. The second-order valence-corrected chi connectivity index (χ2v) is 8.29. The average Bonchev–Trinajstić information content (AvgIpc) is 2.56. The first-order valence-corrected chi connectivity index (χ1v) is 11.0. The lowest BCUT2D eigenvalue weighted by Gasteiger charge is -2.29. The van der Waals surface area contributed by atoms with Crippen LogP contribution >= 0.6 is 0 Å². The molecule has 0 spiro atoms. The van der Waals surface area contributed by atoms with Gasteiger partial charge < -0.3 is 21.6 Å². The lowest BCUT2D eigenvalue weighted by Crippen LogP contribution is -3.00. The molecule has 0 bridgehead atoms. The van der Waals surface area contributed by atoms with E-state index in [9.17, 15) is 0 Å². The molecule has 0 fully saturated rings. The Morgan fingerprint density at radius 3 is 1.44 bits per heavy atom. The minimum atomic E-state index is 0. The number of nitrogens with zero attached hydrogens (tertiary/aromatic N) is 1. The highest BCUT2D eigenvalue weighted by atomic mass is 35.5. The van der Waals surface area contributed by atoms with Crippen LogP contribution in [0.5, 0.6) is 0 Å². The molecule has 3 heteroatoms. The van der Waals surface area contributed by atoms with Crippen molar-refractivity contribution in [3.63, 3.8) is 0 Å². The summed E-state index contributed by atoms with van der Waals surface area (Å²) in [5.74, 6) is 0. The van der Waals surface area contributed by atoms with Crippen LogP contribution in [0.2, 0.25) is 0 Å². The van der Waals surface area contributed by atoms with Gasteiger partial charge in [-0.25, -0.2) is 0 Å². The van der Waals surface area contributed by atoms with Crippen LogP contribution in [-0.4, -0.2) is 38.5 Å². The molecule has 0 heterocycles. The highest BCUT2D eigenvalue weighted by molar-refractivity contribution is 4.47. The number of unbranched alkanes of at least 4 members (excludes halogenated alkanes) is 13. The zero-order valence-electron chi connectivity index (χ0n) is 18.0. The van der Waals surface area contributed by atoms with Crippen LogP contribution in [0.3, 0.4) is 0 Å². The summed E-state index contributed by atoms with van der Waals surface area (Å²) in [6.07, 6.45) is 20.8. The first kappa shape index (κ1) is 27.4. The van der Waals surface area contributed by atoms with Gasteiger partial charge in [-0.3, -0.25) is 0 Å². The summed E-state index contributed by atoms with van der Waals surface area (Å²) in [7, 11) is 4.62. The van der Waals surface area contributed by atoms with Gasteiger partial charge in [-0.05, 0) is 19.3 Å². The molecule has 0 radical (unpaired) electrons. The third-order valence-electron chi connectivity index (χ3n) is 4.95. The maximum Gasteiger partial charge on any atom is 0.182 e. The minimum Gasteiger partial charge on any atom is -1.00 e. The maximum atomic E-state index is 5.93. The third kappa shape index (κ3) is 22.2. The molecule has 0 atom stereocenters. The largest absolute Gasteiger partial charge is 1.00 e. The number of rotatable bonds is 19. The van der Waals surface area contributed by atoms with Gasteiger partial charge in [-0.1, -0.05) is 90.9 Å². The van der Waals surface area contributed by atoms with Crippen molar-refractivity contribution >= 4 is 0 Å². The van der Waals surface area contributed by atoms with Crippen molar-refractivity contribution in [2.24, 2.45) is 0 Å². The molecule has 0 aromatic rings. The molecular formula is C22H48ClNO. The molecule has 0 saturated heterocycles. The van der Waals surface area contributed by atoms with Gasteiger partial charge in [0.2, 0.25) is 0 Å². The van der Waals surface area contributed by atoms with E-state index in [0.717, 1.165) is 17.8 Å². The predicted octanol–water partition coefficient (Wildman–Crippen LogP) is 3.93. The summed E-state index contributed by atoms with van der Waals surface area (Å²) in [5, 5.41) is 0. The molecule has 0 amide bonds. The Hall–Kier alpha value is 0.210. The second-order valence-electron chi connectivity index (χ2n) is 8.29. The van der Waals surface area contributed by atoms with Crippen LogP contribution in [0.4, 0.5) is 0 Å². The Balaban J connectivity index is 0. The van der Waals surface area contributed by atoms with Crippen LogP contribution < -0.4 is 12.4 Å². The number of quaternary nitrogens is 1. The highest BCUT2D eigenvalue weighted by Gasteiger charge is 2.13. The van der Waals surface area contributed by atoms with Crippen molar-refractivity contribution in [3.05, 3.63) is 0 Å². The van der Waals surface area contributed by atoms with E-state index in [-0.39, 0.29) is 12.4 Å². The minimum absolute atomic E-state index is 0. The lowest BCUT2D eigenvalue weighted by atomic mass is 10.1. The fraction of sp³-hybridized carbons (Fsp3) is 1.00. The standard InChI is InChI=1S/C22H48NO.ClH/c1-5-7-9-11-13-14-15-17-19-21-24-22-23(3,4)20-18-16-12-10-8-6-2;/h5-22H2,1-4H3;1H/q+1;/p-1. The summed E-state index contributed by atoms with van der Waals surface area (Å²) < 4.78 is 6.94. The quantitative estimate of drug-likeness (QED) is 0.188. The Morgan fingerprint density at radius 2 is 0.960 bits per heavy atom. The topological polar surface area (TPSA) is 9.23 Å². The van der Waals surface area contributed by atoms with Crippen LogP contribution in [0, 0.1) is 0 Å². The predicted molar refractivity (Wildman–Crippen MR) is 108 cm³/mol. The first-order valence-electron chi connectivity index (χ1n) is 11.0. The summed E-state index contributed by atoms with van der Waals surface area (Å²) >= 11 is 0. The van der Waals surface area contributed by atoms with Crippen LogP contribution in [-0.2, 0) is 4.74 Å². The summed E-state index contributed by atoms with van der Waals surface area (Å²) in [6.45, 7) is 7.66. The maximum absolute atomic E-state index is 5.93. The van der Waals surface area contributed by atoms with Gasteiger partial charge in [0.1, 0.15) is 0 Å². The van der Waals surface area contributed by atoms with Crippen molar-refractivity contribution in [1.29, 1.82) is 0 Å². The molecule has 0 aliphatic heterocycles. The number of hydrogen-bond acceptors (Lipinski definition) is 1. The van der Waals surface area contributed by atoms with Gasteiger partial charge in [-0.15, -0.1) is 0 Å². The van der Waals surface area contributed by atoms with E-state index in [1.54, 1.807) is 0 Å². The third-order valence-corrected chi connectivity index (χ3v) is 4.95. The van der Waals surface area contributed by atoms with Crippen molar-refractivity contribution < 1.29 is 21.6 Å². The van der Waals surface area contributed by atoms with Gasteiger partial charge in [-0.2, -0.15) is 0 Å². The normalized spacial score (nSPS) is 11.5. The average molecular weight is 378 g/mol. The molecule has 0 saturated carbocycles. The van der Waals surface area contributed by atoms with E-state index < -0.39 is 0 Å².